The van der Waals surface area contributed by atoms with Crippen LogP contribution in [-0.4, -0.2) is 21.2 Å². The average Bonchev–Trinajstić information content (AvgIpc) is 2.52. The standard InChI is InChI=1S/C16H20BrN5/c1-11-9-12(17)7-8-14(11)20-15-10-18-22-16(21-15)19-13-5-3-2-4-6-13/h7-10,13H,2-6H2,1H3,(H2,19,20,21,22). The lowest BCUT2D eigenvalue weighted by molar-refractivity contribution is 0.460. The van der Waals surface area contributed by atoms with E-state index in [1.807, 2.05) is 12.1 Å². The van der Waals surface area contributed by atoms with E-state index in [1.54, 1.807) is 6.20 Å². The van der Waals surface area contributed by atoms with Crippen molar-refractivity contribution in [1.29, 1.82) is 0 Å². The Morgan fingerprint density at radius 3 is 2.77 bits per heavy atom. The molecule has 0 aliphatic heterocycles. The first-order chi connectivity index (χ1) is 10.7. The molecule has 2 aromatic rings. The second kappa shape index (κ2) is 7.05. The van der Waals surface area contributed by atoms with Gasteiger partial charge < -0.3 is 10.6 Å². The second-order valence-electron chi connectivity index (χ2n) is 5.73. The highest BCUT2D eigenvalue weighted by atomic mass is 79.9. The molecule has 1 aromatic heterocycles. The number of rotatable bonds is 4. The fraction of sp³-hybridized carbons (Fsp3) is 0.438. The summed E-state index contributed by atoms with van der Waals surface area (Å²) in [6.45, 7) is 2.06. The van der Waals surface area contributed by atoms with Gasteiger partial charge in [0.25, 0.3) is 0 Å². The van der Waals surface area contributed by atoms with Crippen LogP contribution in [0.5, 0.6) is 0 Å². The van der Waals surface area contributed by atoms with Gasteiger partial charge in [0.05, 0.1) is 6.20 Å². The third-order valence-corrected chi connectivity index (χ3v) is 4.44. The summed E-state index contributed by atoms with van der Waals surface area (Å²) < 4.78 is 1.07. The van der Waals surface area contributed by atoms with Gasteiger partial charge in [-0.25, -0.2) is 0 Å². The first-order valence-corrected chi connectivity index (χ1v) is 8.49. The molecular weight excluding hydrogens is 342 g/mol. The molecule has 3 rings (SSSR count). The van der Waals surface area contributed by atoms with Crippen LogP contribution in [0.15, 0.2) is 28.9 Å². The molecule has 0 atom stereocenters. The second-order valence-corrected chi connectivity index (χ2v) is 6.64. The Morgan fingerprint density at radius 1 is 1.18 bits per heavy atom. The average molecular weight is 362 g/mol. The molecule has 116 valence electrons. The third kappa shape index (κ3) is 3.94. The Balaban J connectivity index is 1.70. The number of hydrogen-bond acceptors (Lipinski definition) is 5. The van der Waals surface area contributed by atoms with Crippen LogP contribution >= 0.6 is 15.9 Å². The summed E-state index contributed by atoms with van der Waals surface area (Å²) >= 11 is 3.47. The molecule has 6 heteroatoms. The van der Waals surface area contributed by atoms with Crippen molar-refractivity contribution < 1.29 is 0 Å². The quantitative estimate of drug-likeness (QED) is 0.843. The summed E-state index contributed by atoms with van der Waals surface area (Å²) in [5.41, 5.74) is 2.17. The number of benzene rings is 1. The topological polar surface area (TPSA) is 62.7 Å². The van der Waals surface area contributed by atoms with Gasteiger partial charge in [0, 0.05) is 16.2 Å². The van der Waals surface area contributed by atoms with Gasteiger partial charge in [-0.05, 0) is 43.5 Å². The molecule has 22 heavy (non-hydrogen) atoms. The van der Waals surface area contributed by atoms with Gasteiger partial charge >= 0.3 is 0 Å². The third-order valence-electron chi connectivity index (χ3n) is 3.95. The van der Waals surface area contributed by atoms with Crippen LogP contribution in [0.3, 0.4) is 0 Å². The Bertz CT molecular complexity index is 640. The van der Waals surface area contributed by atoms with E-state index >= 15 is 0 Å². The number of nitrogens with one attached hydrogen (secondary N) is 2. The van der Waals surface area contributed by atoms with Crippen molar-refractivity contribution in [2.45, 2.75) is 45.1 Å². The molecule has 0 bridgehead atoms. The van der Waals surface area contributed by atoms with Crippen LogP contribution in [-0.2, 0) is 0 Å². The Labute approximate surface area is 139 Å². The number of nitrogens with zero attached hydrogens (tertiary/aromatic N) is 3. The van der Waals surface area contributed by atoms with E-state index < -0.39 is 0 Å². The highest BCUT2D eigenvalue weighted by Crippen LogP contribution is 2.24. The summed E-state index contributed by atoms with van der Waals surface area (Å²) in [6, 6.07) is 6.57. The van der Waals surface area contributed by atoms with E-state index in [9.17, 15) is 0 Å². The van der Waals surface area contributed by atoms with E-state index in [-0.39, 0.29) is 0 Å². The van der Waals surface area contributed by atoms with Crippen LogP contribution < -0.4 is 10.6 Å². The van der Waals surface area contributed by atoms with E-state index in [4.69, 9.17) is 0 Å². The summed E-state index contributed by atoms with van der Waals surface area (Å²) in [4.78, 5) is 4.52. The lowest BCUT2D eigenvalue weighted by Gasteiger charge is -2.22. The smallest absolute Gasteiger partial charge is 0.244 e. The summed E-state index contributed by atoms with van der Waals surface area (Å²) in [6.07, 6.45) is 7.91. The van der Waals surface area contributed by atoms with Gasteiger partial charge in [-0.3, -0.25) is 0 Å². The summed E-state index contributed by atoms with van der Waals surface area (Å²) in [5.74, 6) is 1.31. The van der Waals surface area contributed by atoms with Gasteiger partial charge in [0.2, 0.25) is 5.95 Å². The predicted molar refractivity (Wildman–Crippen MR) is 92.5 cm³/mol. The summed E-state index contributed by atoms with van der Waals surface area (Å²) in [7, 11) is 0. The Morgan fingerprint density at radius 2 is 2.00 bits per heavy atom. The minimum absolute atomic E-state index is 0.472. The van der Waals surface area contributed by atoms with Crippen LogP contribution in [0.4, 0.5) is 17.5 Å². The Hall–Kier alpha value is -1.69. The SMILES string of the molecule is Cc1cc(Br)ccc1Nc1cnnc(NC2CCCCC2)n1. The first-order valence-electron chi connectivity index (χ1n) is 7.70. The van der Waals surface area contributed by atoms with Crippen molar-refractivity contribution in [1.82, 2.24) is 15.2 Å². The van der Waals surface area contributed by atoms with E-state index in [1.165, 1.54) is 32.1 Å². The largest absolute Gasteiger partial charge is 0.350 e. The van der Waals surface area contributed by atoms with Gasteiger partial charge in [-0.15, -0.1) is 5.10 Å². The van der Waals surface area contributed by atoms with Gasteiger partial charge in [-0.1, -0.05) is 35.2 Å². The molecule has 1 saturated carbocycles. The van der Waals surface area contributed by atoms with Crippen LogP contribution in [0.2, 0.25) is 0 Å². The molecule has 5 nitrogen and oxygen atoms in total. The molecule has 1 aromatic carbocycles. The molecule has 1 heterocycles. The number of hydrogen-bond donors (Lipinski definition) is 2. The normalized spacial score (nSPS) is 15.5. The van der Waals surface area contributed by atoms with Gasteiger partial charge in [0.15, 0.2) is 5.82 Å². The van der Waals surface area contributed by atoms with Gasteiger partial charge in [0.1, 0.15) is 0 Å². The predicted octanol–water partition coefficient (Wildman–Crippen LogP) is 4.43. The molecule has 0 saturated heterocycles. The fourth-order valence-corrected chi connectivity index (χ4v) is 3.24. The molecule has 0 radical (unpaired) electrons. The van der Waals surface area contributed by atoms with Gasteiger partial charge in [-0.2, -0.15) is 10.1 Å². The van der Waals surface area contributed by atoms with Crippen LogP contribution in [0, 0.1) is 6.92 Å². The van der Waals surface area contributed by atoms with Crippen LogP contribution in [0.1, 0.15) is 37.7 Å². The van der Waals surface area contributed by atoms with Crippen molar-refractivity contribution in [3.8, 4) is 0 Å². The number of halogens is 1. The molecule has 0 spiro atoms. The van der Waals surface area contributed by atoms with E-state index in [0.29, 0.717) is 17.8 Å². The van der Waals surface area contributed by atoms with Crippen molar-refractivity contribution >= 4 is 33.4 Å². The minimum atomic E-state index is 0.472. The van der Waals surface area contributed by atoms with E-state index in [2.05, 4.69) is 54.7 Å². The summed E-state index contributed by atoms with van der Waals surface area (Å²) in [5, 5.41) is 14.8. The van der Waals surface area contributed by atoms with Crippen molar-refractivity contribution in [2.75, 3.05) is 10.6 Å². The number of aromatic nitrogens is 3. The fourth-order valence-electron chi connectivity index (χ4n) is 2.76. The maximum Gasteiger partial charge on any atom is 0.244 e. The highest BCUT2D eigenvalue weighted by molar-refractivity contribution is 9.10. The van der Waals surface area contributed by atoms with Crippen molar-refractivity contribution in [2.24, 2.45) is 0 Å². The molecule has 0 unspecified atom stereocenters. The minimum Gasteiger partial charge on any atom is -0.350 e. The monoisotopic (exact) mass is 361 g/mol. The Kier molecular flexibility index (Phi) is 4.87. The van der Waals surface area contributed by atoms with Crippen molar-refractivity contribution in [3.05, 3.63) is 34.4 Å². The zero-order valence-electron chi connectivity index (χ0n) is 12.6. The van der Waals surface area contributed by atoms with E-state index in [0.717, 1.165) is 15.7 Å². The van der Waals surface area contributed by atoms with Crippen LogP contribution in [0.25, 0.3) is 0 Å². The number of anilines is 3. The zero-order chi connectivity index (χ0) is 15.4. The maximum absolute atomic E-state index is 4.52. The molecule has 2 N–H and O–H groups in total. The van der Waals surface area contributed by atoms with Crippen molar-refractivity contribution in [3.63, 3.8) is 0 Å². The molecule has 1 aliphatic rings. The molecule has 1 aliphatic carbocycles. The number of aryl methyl sites for hydroxylation is 1. The molecular formula is C16H20BrN5. The zero-order valence-corrected chi connectivity index (χ0v) is 14.2. The maximum atomic E-state index is 4.52. The lowest BCUT2D eigenvalue weighted by atomic mass is 9.96. The molecule has 1 fully saturated rings. The lowest BCUT2D eigenvalue weighted by Crippen LogP contribution is -2.23. The highest BCUT2D eigenvalue weighted by Gasteiger charge is 2.14. The molecule has 0 amide bonds. The first kappa shape index (κ1) is 15.2.